The number of ketones is 2. The smallest absolute Gasteiger partial charge is 0.181 e. The summed E-state index contributed by atoms with van der Waals surface area (Å²) < 4.78 is 51.3. The molecule has 234 valence electrons. The van der Waals surface area contributed by atoms with E-state index in [1.54, 1.807) is 41.1 Å². The van der Waals surface area contributed by atoms with Gasteiger partial charge in [0.05, 0.1) is 19.7 Å². The summed E-state index contributed by atoms with van der Waals surface area (Å²) in [5.41, 5.74) is 1.85. The predicted molar refractivity (Wildman–Crippen MR) is 168 cm³/mol. The molecule has 0 saturated heterocycles. The van der Waals surface area contributed by atoms with Crippen LogP contribution >= 0.6 is 0 Å². The van der Waals surface area contributed by atoms with Crippen LogP contribution in [0.1, 0.15) is 33.7 Å². The Morgan fingerprint density at radius 1 is 0.909 bits per heavy atom. The molecule has 0 aliphatic rings. The molecule has 8 nitrogen and oxygen atoms in total. The Kier molecular flexibility index (Phi) is 10.9. The summed E-state index contributed by atoms with van der Waals surface area (Å²) in [6, 6.07) is 13.6. The SMILES string of the molecule is COc1cc(C(=O)CCC(=O)c2ccc(OC)c(-c3cn(COCC[Si](C)(C)C)c4c(F)cccc34)n2)ccc1OCCF. The summed E-state index contributed by atoms with van der Waals surface area (Å²) in [5, 5.41) is 0.609. The first-order valence-corrected chi connectivity index (χ1v) is 18.1. The maximum absolute atomic E-state index is 15.1. The number of carbonyl (C=O) groups excluding carboxylic acids is 2. The maximum Gasteiger partial charge on any atom is 0.181 e. The molecule has 0 amide bonds. The summed E-state index contributed by atoms with van der Waals surface area (Å²) in [4.78, 5) is 30.8. The summed E-state index contributed by atoms with van der Waals surface area (Å²) in [7, 11) is 1.64. The third-order valence-electron chi connectivity index (χ3n) is 7.09. The second kappa shape index (κ2) is 14.6. The molecule has 0 aliphatic heterocycles. The van der Waals surface area contributed by atoms with E-state index in [4.69, 9.17) is 18.9 Å². The zero-order valence-corrected chi connectivity index (χ0v) is 26.7. The molecule has 0 atom stereocenters. The van der Waals surface area contributed by atoms with Gasteiger partial charge in [0.2, 0.25) is 0 Å². The van der Waals surface area contributed by atoms with E-state index in [1.165, 1.54) is 32.4 Å². The van der Waals surface area contributed by atoms with Gasteiger partial charge in [-0.2, -0.15) is 0 Å². The Morgan fingerprint density at radius 3 is 2.34 bits per heavy atom. The van der Waals surface area contributed by atoms with Crippen molar-refractivity contribution in [3.8, 4) is 28.5 Å². The first-order chi connectivity index (χ1) is 21.1. The van der Waals surface area contributed by atoms with Crippen molar-refractivity contribution in [2.45, 2.75) is 45.3 Å². The molecule has 0 bridgehead atoms. The normalized spacial score (nSPS) is 11.5. The Balaban J connectivity index is 1.56. The van der Waals surface area contributed by atoms with Crippen LogP contribution < -0.4 is 14.2 Å². The number of halogens is 2. The van der Waals surface area contributed by atoms with E-state index < -0.39 is 20.6 Å². The van der Waals surface area contributed by atoms with Crippen molar-refractivity contribution in [2.24, 2.45) is 0 Å². The van der Waals surface area contributed by atoms with Gasteiger partial charge in [-0.15, -0.1) is 0 Å². The Labute approximate surface area is 256 Å². The number of methoxy groups -OCH3 is 2. The topological polar surface area (TPSA) is 88.9 Å². The number of hydrogen-bond acceptors (Lipinski definition) is 7. The van der Waals surface area contributed by atoms with E-state index in [0.29, 0.717) is 51.6 Å². The summed E-state index contributed by atoms with van der Waals surface area (Å²) in [5.74, 6) is 0.0479. The highest BCUT2D eigenvalue weighted by molar-refractivity contribution is 6.76. The Morgan fingerprint density at radius 2 is 1.64 bits per heavy atom. The number of Topliss-reactive ketones (excluding diaryl/α,β-unsaturated/α-hetero) is 2. The van der Waals surface area contributed by atoms with Crippen molar-refractivity contribution in [1.29, 1.82) is 0 Å². The number of ether oxygens (including phenoxy) is 4. The van der Waals surface area contributed by atoms with E-state index >= 15 is 4.39 Å². The van der Waals surface area contributed by atoms with E-state index in [2.05, 4.69) is 24.6 Å². The largest absolute Gasteiger partial charge is 0.494 e. The van der Waals surface area contributed by atoms with Gasteiger partial charge in [0.1, 0.15) is 43.0 Å². The van der Waals surface area contributed by atoms with Crippen molar-refractivity contribution in [2.75, 3.05) is 34.1 Å². The van der Waals surface area contributed by atoms with E-state index in [1.807, 2.05) is 0 Å². The number of carbonyl (C=O) groups is 2. The molecule has 4 rings (SSSR count). The number of nitrogens with zero attached hydrogens (tertiary/aromatic N) is 2. The number of rotatable bonds is 16. The first-order valence-electron chi connectivity index (χ1n) is 14.4. The van der Waals surface area contributed by atoms with E-state index in [0.717, 1.165) is 6.04 Å². The summed E-state index contributed by atoms with van der Waals surface area (Å²) >= 11 is 0. The molecular formula is C33H38F2N2O6Si. The molecule has 11 heteroatoms. The summed E-state index contributed by atoms with van der Waals surface area (Å²) in [6.45, 7) is 6.76. The second-order valence-electron chi connectivity index (χ2n) is 11.5. The first kappa shape index (κ1) is 32.8. The quantitative estimate of drug-likeness (QED) is 0.0731. The van der Waals surface area contributed by atoms with E-state index in [-0.39, 0.29) is 43.4 Å². The standard InChI is InChI=1S/C33H38F2N2O6Si/c1-40-30-14-10-26(28(39)12-11-27(38)22-9-13-29(43-16-15-34)31(19-22)41-2)36-32(30)24-20-37(21-42-17-18-44(3,4)5)33-23(24)7-6-8-25(33)35/h6-10,13-14,19-20H,11-12,15-18,21H2,1-5H3. The van der Waals surface area contributed by atoms with Gasteiger partial charge >= 0.3 is 0 Å². The highest BCUT2D eigenvalue weighted by atomic mass is 28.3. The average Bonchev–Trinajstić information content (AvgIpc) is 3.39. The van der Waals surface area contributed by atoms with Gasteiger partial charge in [-0.3, -0.25) is 9.59 Å². The monoisotopic (exact) mass is 624 g/mol. The Bertz CT molecular complexity index is 1630. The van der Waals surface area contributed by atoms with Crippen molar-refractivity contribution in [3.63, 3.8) is 0 Å². The number of fused-ring (bicyclic) bond motifs is 1. The van der Waals surface area contributed by atoms with Gasteiger partial charge in [-0.25, -0.2) is 13.8 Å². The van der Waals surface area contributed by atoms with Crippen LogP contribution in [-0.4, -0.2) is 63.3 Å². The lowest BCUT2D eigenvalue weighted by molar-refractivity contribution is 0.0899. The molecule has 2 heterocycles. The van der Waals surface area contributed by atoms with Gasteiger partial charge in [0, 0.05) is 50.2 Å². The molecular weight excluding hydrogens is 586 g/mol. The van der Waals surface area contributed by atoms with Crippen LogP contribution in [-0.2, 0) is 11.5 Å². The predicted octanol–water partition coefficient (Wildman–Crippen LogP) is 7.37. The lowest BCUT2D eigenvalue weighted by atomic mass is 10.0. The van der Waals surface area contributed by atoms with Crippen molar-refractivity contribution < 1.29 is 37.3 Å². The van der Waals surface area contributed by atoms with Gasteiger partial charge < -0.3 is 23.5 Å². The van der Waals surface area contributed by atoms with Crippen LogP contribution in [0.25, 0.3) is 22.2 Å². The number of para-hydroxylation sites is 1. The minimum Gasteiger partial charge on any atom is -0.494 e. The highest BCUT2D eigenvalue weighted by Gasteiger charge is 2.21. The van der Waals surface area contributed by atoms with Gasteiger partial charge in [0.15, 0.2) is 23.1 Å². The summed E-state index contributed by atoms with van der Waals surface area (Å²) in [6.07, 6.45) is 1.62. The third-order valence-corrected chi connectivity index (χ3v) is 8.80. The minimum atomic E-state index is -1.29. The molecule has 44 heavy (non-hydrogen) atoms. The molecule has 2 aromatic carbocycles. The van der Waals surface area contributed by atoms with Crippen LogP contribution in [0.2, 0.25) is 25.7 Å². The van der Waals surface area contributed by atoms with Gasteiger partial charge in [-0.05, 0) is 42.4 Å². The molecule has 0 aliphatic carbocycles. The lowest BCUT2D eigenvalue weighted by Crippen LogP contribution is -2.22. The number of pyridine rings is 1. The van der Waals surface area contributed by atoms with Crippen LogP contribution in [0.4, 0.5) is 8.78 Å². The molecule has 2 aromatic heterocycles. The van der Waals surface area contributed by atoms with Crippen molar-refractivity contribution in [1.82, 2.24) is 9.55 Å². The number of benzene rings is 2. The number of alkyl halides is 1. The average molecular weight is 625 g/mol. The van der Waals surface area contributed by atoms with Crippen LogP contribution in [0.5, 0.6) is 17.2 Å². The van der Waals surface area contributed by atoms with Crippen LogP contribution in [0.15, 0.2) is 54.7 Å². The molecule has 0 radical (unpaired) electrons. The number of aromatic nitrogens is 2. The van der Waals surface area contributed by atoms with Crippen molar-refractivity contribution in [3.05, 3.63) is 71.8 Å². The molecule has 0 unspecified atom stereocenters. The Hall–Kier alpha value is -4.09. The molecule has 0 spiro atoms. The van der Waals surface area contributed by atoms with Gasteiger partial charge in [-0.1, -0.05) is 31.8 Å². The lowest BCUT2D eigenvalue weighted by Gasteiger charge is -2.15. The maximum atomic E-state index is 15.1. The third kappa shape index (κ3) is 7.89. The van der Waals surface area contributed by atoms with Gasteiger partial charge in [0.25, 0.3) is 0 Å². The fourth-order valence-electron chi connectivity index (χ4n) is 4.71. The minimum absolute atomic E-state index is 0.0605. The van der Waals surface area contributed by atoms with E-state index in [9.17, 15) is 14.0 Å². The van der Waals surface area contributed by atoms with Crippen LogP contribution in [0, 0.1) is 5.82 Å². The molecule has 0 saturated carbocycles. The van der Waals surface area contributed by atoms with Crippen LogP contribution in [0.3, 0.4) is 0 Å². The second-order valence-corrected chi connectivity index (χ2v) is 17.1. The highest BCUT2D eigenvalue weighted by Crippen LogP contribution is 2.36. The fraction of sp³-hybridized carbons (Fsp3) is 0.364. The molecule has 0 fully saturated rings. The fourth-order valence-corrected chi connectivity index (χ4v) is 5.47. The molecule has 0 N–H and O–H groups in total. The van der Waals surface area contributed by atoms with Crippen molar-refractivity contribution >= 4 is 30.5 Å². The zero-order valence-electron chi connectivity index (χ0n) is 25.7. The zero-order chi connectivity index (χ0) is 31.9. The number of hydrogen-bond donors (Lipinski definition) is 0. The molecule has 4 aromatic rings.